The van der Waals surface area contributed by atoms with Crippen molar-refractivity contribution in [1.29, 1.82) is 0 Å². The van der Waals surface area contributed by atoms with Gasteiger partial charge in [0.25, 0.3) is 0 Å². The zero-order chi connectivity index (χ0) is 14.5. The third-order valence-corrected chi connectivity index (χ3v) is 4.00. The Hall–Kier alpha value is -1.39. The second-order valence-corrected chi connectivity index (χ2v) is 5.77. The van der Waals surface area contributed by atoms with Crippen molar-refractivity contribution in [1.82, 2.24) is 10.2 Å². The third-order valence-electron chi connectivity index (χ3n) is 4.00. The predicted molar refractivity (Wildman–Crippen MR) is 81.3 cm³/mol. The number of carbonyl (C=O) groups is 1. The Morgan fingerprint density at radius 1 is 1.40 bits per heavy atom. The molecule has 20 heavy (non-hydrogen) atoms. The highest BCUT2D eigenvalue weighted by atomic mass is 16.2. The number of nitrogens with two attached hydrogens (primary N) is 1. The zero-order valence-electron chi connectivity index (χ0n) is 12.4. The first-order chi connectivity index (χ1) is 9.56. The summed E-state index contributed by atoms with van der Waals surface area (Å²) in [6, 6.07) is 8.39. The summed E-state index contributed by atoms with van der Waals surface area (Å²) in [5.41, 5.74) is 8.32. The molecule has 3 N–H and O–H groups in total. The van der Waals surface area contributed by atoms with Crippen molar-refractivity contribution in [2.45, 2.75) is 45.3 Å². The molecule has 4 heteroatoms. The van der Waals surface area contributed by atoms with Crippen molar-refractivity contribution < 1.29 is 4.79 Å². The van der Waals surface area contributed by atoms with Crippen LogP contribution in [-0.4, -0.2) is 36.0 Å². The quantitative estimate of drug-likeness (QED) is 0.874. The number of benzene rings is 1. The summed E-state index contributed by atoms with van der Waals surface area (Å²) in [4.78, 5) is 14.0. The van der Waals surface area contributed by atoms with E-state index < -0.39 is 6.04 Å². The molecule has 1 atom stereocenters. The van der Waals surface area contributed by atoms with E-state index in [1.165, 1.54) is 11.1 Å². The third kappa shape index (κ3) is 4.05. The number of carbonyl (C=O) groups excluding carboxylic acids is 1. The van der Waals surface area contributed by atoms with E-state index in [9.17, 15) is 4.79 Å². The first-order valence-electron chi connectivity index (χ1n) is 7.39. The highest BCUT2D eigenvalue weighted by Gasteiger charge is 2.21. The van der Waals surface area contributed by atoms with Gasteiger partial charge >= 0.3 is 0 Å². The molecule has 1 fully saturated rings. The largest absolute Gasteiger partial charge is 0.352 e. The maximum Gasteiger partial charge on any atom is 0.236 e. The van der Waals surface area contributed by atoms with Gasteiger partial charge in [-0.1, -0.05) is 24.3 Å². The lowest BCUT2D eigenvalue weighted by atomic mass is 10.0. The summed E-state index contributed by atoms with van der Waals surface area (Å²) >= 11 is 0. The number of amides is 1. The molecule has 0 bridgehead atoms. The van der Waals surface area contributed by atoms with Gasteiger partial charge in [0, 0.05) is 25.7 Å². The molecule has 0 aliphatic carbocycles. The molecular formula is C16H25N3O. The Morgan fingerprint density at radius 3 is 2.65 bits per heavy atom. The minimum absolute atomic E-state index is 0.0395. The standard InChI is InChI=1S/C16H25N3O/c1-12-5-3-4-6-14(12)11-19-9-7-15(8-10-19)18-16(20)13(2)17/h3-6,13,15H,7-11,17H2,1-2H3,(H,18,20)/t13-/m1/s1. The van der Waals surface area contributed by atoms with Crippen molar-refractivity contribution in [2.75, 3.05) is 13.1 Å². The number of hydrogen-bond acceptors (Lipinski definition) is 3. The van der Waals surface area contributed by atoms with Gasteiger partial charge in [0.15, 0.2) is 0 Å². The second-order valence-electron chi connectivity index (χ2n) is 5.77. The molecule has 2 rings (SSSR count). The molecule has 1 aliphatic heterocycles. The van der Waals surface area contributed by atoms with Gasteiger partial charge in [-0.25, -0.2) is 0 Å². The van der Waals surface area contributed by atoms with E-state index in [1.807, 2.05) is 0 Å². The molecule has 1 amide bonds. The molecule has 110 valence electrons. The fourth-order valence-corrected chi connectivity index (χ4v) is 2.60. The van der Waals surface area contributed by atoms with Gasteiger partial charge in [-0.3, -0.25) is 9.69 Å². The minimum atomic E-state index is -0.417. The normalized spacial score (nSPS) is 18.8. The summed E-state index contributed by atoms with van der Waals surface area (Å²) in [6.07, 6.45) is 2.01. The number of aryl methyl sites for hydroxylation is 1. The number of nitrogens with zero attached hydrogens (tertiary/aromatic N) is 1. The van der Waals surface area contributed by atoms with E-state index in [0.717, 1.165) is 32.5 Å². The molecule has 0 saturated carbocycles. The predicted octanol–water partition coefficient (Wildman–Crippen LogP) is 1.42. The minimum Gasteiger partial charge on any atom is -0.352 e. The van der Waals surface area contributed by atoms with Crippen molar-refractivity contribution in [3.8, 4) is 0 Å². The van der Waals surface area contributed by atoms with Gasteiger partial charge in [-0.15, -0.1) is 0 Å². The first-order valence-corrected chi connectivity index (χ1v) is 7.39. The number of nitrogens with one attached hydrogen (secondary N) is 1. The van der Waals surface area contributed by atoms with E-state index in [1.54, 1.807) is 6.92 Å². The van der Waals surface area contributed by atoms with Crippen LogP contribution in [0.1, 0.15) is 30.9 Å². The molecule has 0 radical (unpaired) electrons. The van der Waals surface area contributed by atoms with Crippen LogP contribution in [0.2, 0.25) is 0 Å². The van der Waals surface area contributed by atoms with Crippen LogP contribution < -0.4 is 11.1 Å². The lowest BCUT2D eigenvalue weighted by molar-refractivity contribution is -0.123. The van der Waals surface area contributed by atoms with E-state index in [4.69, 9.17) is 5.73 Å². The lowest BCUT2D eigenvalue weighted by Gasteiger charge is -2.33. The highest BCUT2D eigenvalue weighted by molar-refractivity contribution is 5.81. The summed E-state index contributed by atoms with van der Waals surface area (Å²) in [5.74, 6) is -0.0395. The van der Waals surface area contributed by atoms with E-state index in [2.05, 4.69) is 41.4 Å². The van der Waals surface area contributed by atoms with Crippen LogP contribution >= 0.6 is 0 Å². The van der Waals surface area contributed by atoms with E-state index >= 15 is 0 Å². The molecule has 0 aromatic heterocycles. The fourth-order valence-electron chi connectivity index (χ4n) is 2.60. The van der Waals surface area contributed by atoms with Gasteiger partial charge in [0.2, 0.25) is 5.91 Å². The summed E-state index contributed by atoms with van der Waals surface area (Å²) in [6.45, 7) is 6.94. The molecule has 1 aliphatic rings. The SMILES string of the molecule is Cc1ccccc1CN1CCC(NC(=O)[C@@H](C)N)CC1. The average Bonchev–Trinajstić information content (AvgIpc) is 2.43. The van der Waals surface area contributed by atoms with Crippen LogP contribution in [0.3, 0.4) is 0 Å². The fraction of sp³-hybridized carbons (Fsp3) is 0.562. The topological polar surface area (TPSA) is 58.4 Å². The van der Waals surface area contributed by atoms with Crippen LogP contribution in [0.5, 0.6) is 0 Å². The number of likely N-dealkylation sites (tertiary alicyclic amines) is 1. The highest BCUT2D eigenvalue weighted by Crippen LogP contribution is 2.16. The zero-order valence-corrected chi connectivity index (χ0v) is 12.4. The van der Waals surface area contributed by atoms with Gasteiger partial charge < -0.3 is 11.1 Å². The first kappa shape index (κ1) is 15.0. The Kier molecular flexibility index (Phi) is 5.15. The van der Waals surface area contributed by atoms with Gasteiger partial charge in [0.1, 0.15) is 0 Å². The summed E-state index contributed by atoms with van der Waals surface area (Å²) in [7, 11) is 0. The van der Waals surface area contributed by atoms with Crippen molar-refractivity contribution in [2.24, 2.45) is 5.73 Å². The molecule has 4 nitrogen and oxygen atoms in total. The van der Waals surface area contributed by atoms with E-state index in [0.29, 0.717) is 0 Å². The molecule has 1 saturated heterocycles. The van der Waals surface area contributed by atoms with Crippen LogP contribution in [0.4, 0.5) is 0 Å². The summed E-state index contributed by atoms with van der Waals surface area (Å²) < 4.78 is 0. The molecule has 0 spiro atoms. The molecule has 1 aromatic carbocycles. The van der Waals surface area contributed by atoms with Gasteiger partial charge in [-0.2, -0.15) is 0 Å². The van der Waals surface area contributed by atoms with Crippen LogP contribution in [0.15, 0.2) is 24.3 Å². The Bertz CT molecular complexity index is 451. The molecule has 0 unspecified atom stereocenters. The summed E-state index contributed by atoms with van der Waals surface area (Å²) in [5, 5.41) is 3.02. The van der Waals surface area contributed by atoms with Crippen LogP contribution in [0, 0.1) is 6.92 Å². The Labute approximate surface area is 121 Å². The van der Waals surface area contributed by atoms with Crippen molar-refractivity contribution in [3.63, 3.8) is 0 Å². The van der Waals surface area contributed by atoms with E-state index in [-0.39, 0.29) is 11.9 Å². The smallest absolute Gasteiger partial charge is 0.236 e. The van der Waals surface area contributed by atoms with Crippen molar-refractivity contribution in [3.05, 3.63) is 35.4 Å². The average molecular weight is 275 g/mol. The van der Waals surface area contributed by atoms with Crippen molar-refractivity contribution >= 4 is 5.91 Å². The number of hydrogen-bond donors (Lipinski definition) is 2. The maximum absolute atomic E-state index is 11.6. The molecular weight excluding hydrogens is 250 g/mol. The molecule has 1 heterocycles. The Morgan fingerprint density at radius 2 is 2.05 bits per heavy atom. The lowest BCUT2D eigenvalue weighted by Crippen LogP contribution is -2.48. The van der Waals surface area contributed by atoms with Crippen LogP contribution in [0.25, 0.3) is 0 Å². The second kappa shape index (κ2) is 6.86. The van der Waals surface area contributed by atoms with Gasteiger partial charge in [-0.05, 0) is 37.8 Å². The number of rotatable bonds is 4. The van der Waals surface area contributed by atoms with Crippen LogP contribution in [-0.2, 0) is 11.3 Å². The van der Waals surface area contributed by atoms with Gasteiger partial charge in [0.05, 0.1) is 6.04 Å². The maximum atomic E-state index is 11.6. The number of piperidine rings is 1. The molecule has 1 aromatic rings. The monoisotopic (exact) mass is 275 g/mol. The Balaban J connectivity index is 1.80.